The van der Waals surface area contributed by atoms with E-state index in [2.05, 4.69) is 0 Å². The van der Waals surface area contributed by atoms with Crippen LogP contribution in [0.25, 0.3) is 0 Å². The third kappa shape index (κ3) is 2.82. The molecule has 1 aromatic rings. The van der Waals surface area contributed by atoms with Crippen LogP contribution in [0.5, 0.6) is 0 Å². The molecule has 0 N–H and O–H groups in total. The molecule has 0 aliphatic carbocycles. The Morgan fingerprint density at radius 3 is 2.39 bits per heavy atom. The van der Waals surface area contributed by atoms with Crippen molar-refractivity contribution in [3.63, 3.8) is 0 Å². The number of hydrogen-bond donors (Lipinski definition) is 0. The zero-order valence-electron chi connectivity index (χ0n) is 14.2. The summed E-state index contributed by atoms with van der Waals surface area (Å²) in [5.41, 5.74) is 0.716. The molecule has 2 amide bonds. The van der Waals surface area contributed by atoms with E-state index < -0.39 is 0 Å². The second-order valence-corrected chi connectivity index (χ2v) is 7.11. The molecule has 6 nitrogen and oxygen atoms in total. The highest BCUT2D eigenvalue weighted by Crippen LogP contribution is 2.31. The summed E-state index contributed by atoms with van der Waals surface area (Å²) in [6.07, 6.45) is 1.29. The lowest BCUT2D eigenvalue weighted by atomic mass is 9.97. The number of amides is 2. The molecule has 3 heterocycles. The molecular formula is C17H24N2O4. The second-order valence-electron chi connectivity index (χ2n) is 7.11. The Balaban J connectivity index is 1.64. The van der Waals surface area contributed by atoms with E-state index in [-0.39, 0.29) is 23.6 Å². The number of carbonyl (C=O) groups is 2. The van der Waals surface area contributed by atoms with Gasteiger partial charge >= 0.3 is 6.09 Å². The van der Waals surface area contributed by atoms with Crippen LogP contribution in [0.3, 0.4) is 0 Å². The van der Waals surface area contributed by atoms with Crippen LogP contribution in [0, 0.1) is 13.8 Å². The van der Waals surface area contributed by atoms with Crippen LogP contribution < -0.4 is 0 Å². The molecule has 1 aromatic heterocycles. The SMILES string of the molecule is Cc1cc(C(=O)N2CCC(N3C(=O)OCC3(C)C)CC2)oc1C. The van der Waals surface area contributed by atoms with Gasteiger partial charge in [0.2, 0.25) is 0 Å². The average molecular weight is 320 g/mol. The smallest absolute Gasteiger partial charge is 0.410 e. The van der Waals surface area contributed by atoms with E-state index in [0.717, 1.165) is 24.2 Å². The summed E-state index contributed by atoms with van der Waals surface area (Å²) in [6, 6.07) is 1.93. The molecule has 0 radical (unpaired) electrons. The Morgan fingerprint density at radius 2 is 1.91 bits per heavy atom. The number of rotatable bonds is 2. The number of hydrogen-bond acceptors (Lipinski definition) is 4. The molecule has 2 fully saturated rings. The molecule has 6 heteroatoms. The van der Waals surface area contributed by atoms with Gasteiger partial charge in [-0.1, -0.05) is 0 Å². The lowest BCUT2D eigenvalue weighted by Crippen LogP contribution is -2.53. The Hall–Kier alpha value is -1.98. The first-order valence-electron chi connectivity index (χ1n) is 8.12. The van der Waals surface area contributed by atoms with Crippen LogP contribution in [0.4, 0.5) is 4.79 Å². The van der Waals surface area contributed by atoms with Crippen molar-refractivity contribution in [3.05, 3.63) is 23.2 Å². The molecular weight excluding hydrogens is 296 g/mol. The Labute approximate surface area is 136 Å². The lowest BCUT2D eigenvalue weighted by Gasteiger charge is -2.40. The predicted molar refractivity (Wildman–Crippen MR) is 84.4 cm³/mol. The molecule has 0 aromatic carbocycles. The van der Waals surface area contributed by atoms with Gasteiger partial charge < -0.3 is 14.1 Å². The van der Waals surface area contributed by atoms with E-state index in [9.17, 15) is 9.59 Å². The molecule has 0 atom stereocenters. The van der Waals surface area contributed by atoms with Gasteiger partial charge in [0.1, 0.15) is 12.4 Å². The van der Waals surface area contributed by atoms with E-state index in [1.807, 2.05) is 37.5 Å². The van der Waals surface area contributed by atoms with Crippen molar-refractivity contribution in [2.45, 2.75) is 52.1 Å². The standard InChI is InChI=1S/C17H24N2O4/c1-11-9-14(23-12(11)2)15(20)18-7-5-13(6-8-18)19-16(21)22-10-17(19,3)4/h9,13H,5-8,10H2,1-4H3. The Kier molecular flexibility index (Phi) is 3.86. The quantitative estimate of drug-likeness (QED) is 0.840. The molecule has 23 heavy (non-hydrogen) atoms. The fraction of sp³-hybridized carbons (Fsp3) is 0.647. The molecule has 0 saturated carbocycles. The maximum absolute atomic E-state index is 12.5. The highest BCUT2D eigenvalue weighted by Gasteiger charge is 2.45. The molecule has 2 aliphatic rings. The van der Waals surface area contributed by atoms with Gasteiger partial charge in [-0.25, -0.2) is 4.79 Å². The summed E-state index contributed by atoms with van der Waals surface area (Å²) in [6.45, 7) is 9.51. The van der Waals surface area contributed by atoms with Gasteiger partial charge in [0, 0.05) is 19.1 Å². The monoisotopic (exact) mass is 320 g/mol. The first kappa shape index (κ1) is 15.9. The Bertz CT molecular complexity index is 607. The van der Waals surface area contributed by atoms with Gasteiger partial charge in [-0.15, -0.1) is 0 Å². The number of carbonyl (C=O) groups excluding carboxylic acids is 2. The fourth-order valence-corrected chi connectivity index (χ4v) is 3.43. The minimum absolute atomic E-state index is 0.0668. The minimum Gasteiger partial charge on any atom is -0.456 e. The van der Waals surface area contributed by atoms with Crippen LogP contribution >= 0.6 is 0 Å². The number of piperidine rings is 1. The van der Waals surface area contributed by atoms with E-state index >= 15 is 0 Å². The molecule has 0 spiro atoms. The normalized spacial score (nSPS) is 21.7. The van der Waals surface area contributed by atoms with E-state index in [1.54, 1.807) is 6.07 Å². The maximum Gasteiger partial charge on any atom is 0.410 e. The predicted octanol–water partition coefficient (Wildman–Crippen LogP) is 2.73. The number of ether oxygens (including phenoxy) is 1. The van der Waals surface area contributed by atoms with Gasteiger partial charge in [-0.2, -0.15) is 0 Å². The fourth-order valence-electron chi connectivity index (χ4n) is 3.43. The van der Waals surface area contributed by atoms with E-state index in [1.165, 1.54) is 0 Å². The zero-order chi connectivity index (χ0) is 16.8. The van der Waals surface area contributed by atoms with Crippen molar-refractivity contribution < 1.29 is 18.7 Å². The lowest BCUT2D eigenvalue weighted by molar-refractivity contribution is 0.0561. The van der Waals surface area contributed by atoms with Gasteiger partial charge in [0.25, 0.3) is 5.91 Å². The molecule has 0 unspecified atom stereocenters. The minimum atomic E-state index is -0.275. The summed E-state index contributed by atoms with van der Waals surface area (Å²) in [4.78, 5) is 28.1. The number of furan rings is 1. The van der Waals surface area contributed by atoms with Crippen molar-refractivity contribution in [1.82, 2.24) is 9.80 Å². The zero-order valence-corrected chi connectivity index (χ0v) is 14.2. The van der Waals surface area contributed by atoms with Crippen LogP contribution in [-0.2, 0) is 4.74 Å². The van der Waals surface area contributed by atoms with E-state index in [4.69, 9.17) is 9.15 Å². The van der Waals surface area contributed by atoms with Crippen LogP contribution in [0.2, 0.25) is 0 Å². The molecule has 2 aliphatic heterocycles. The third-order valence-corrected chi connectivity index (χ3v) is 4.89. The van der Waals surface area contributed by atoms with Gasteiger partial charge in [-0.05, 0) is 52.2 Å². The first-order valence-corrected chi connectivity index (χ1v) is 8.12. The van der Waals surface area contributed by atoms with Crippen molar-refractivity contribution in [2.24, 2.45) is 0 Å². The number of cyclic esters (lactones) is 1. The highest BCUT2D eigenvalue weighted by atomic mass is 16.6. The number of likely N-dealkylation sites (tertiary alicyclic amines) is 1. The summed E-state index contributed by atoms with van der Waals surface area (Å²) in [7, 11) is 0. The van der Waals surface area contributed by atoms with Crippen LogP contribution in [-0.4, -0.2) is 53.1 Å². The summed E-state index contributed by atoms with van der Waals surface area (Å²) < 4.78 is 10.7. The molecule has 126 valence electrons. The van der Waals surface area contributed by atoms with Crippen molar-refractivity contribution in [1.29, 1.82) is 0 Å². The number of nitrogens with zero attached hydrogens (tertiary/aromatic N) is 2. The molecule has 0 bridgehead atoms. The van der Waals surface area contributed by atoms with Crippen molar-refractivity contribution in [3.8, 4) is 0 Å². The van der Waals surface area contributed by atoms with E-state index in [0.29, 0.717) is 25.5 Å². The van der Waals surface area contributed by atoms with Crippen molar-refractivity contribution >= 4 is 12.0 Å². The summed E-state index contributed by atoms with van der Waals surface area (Å²) in [5, 5.41) is 0. The third-order valence-electron chi connectivity index (χ3n) is 4.89. The first-order chi connectivity index (χ1) is 10.8. The topological polar surface area (TPSA) is 63.0 Å². The second kappa shape index (κ2) is 5.58. The van der Waals surface area contributed by atoms with Gasteiger partial charge in [0.05, 0.1) is 5.54 Å². The van der Waals surface area contributed by atoms with Gasteiger partial charge in [0.15, 0.2) is 5.76 Å². The van der Waals surface area contributed by atoms with Crippen LogP contribution in [0.1, 0.15) is 48.6 Å². The summed E-state index contributed by atoms with van der Waals surface area (Å²) >= 11 is 0. The average Bonchev–Trinajstić information content (AvgIpc) is 2.98. The molecule has 2 saturated heterocycles. The number of aryl methyl sites for hydroxylation is 2. The Morgan fingerprint density at radius 1 is 1.26 bits per heavy atom. The van der Waals surface area contributed by atoms with Crippen molar-refractivity contribution in [2.75, 3.05) is 19.7 Å². The largest absolute Gasteiger partial charge is 0.456 e. The van der Waals surface area contributed by atoms with Gasteiger partial charge in [-0.3, -0.25) is 9.69 Å². The molecule has 3 rings (SSSR count). The maximum atomic E-state index is 12.5. The highest BCUT2D eigenvalue weighted by molar-refractivity contribution is 5.91. The summed E-state index contributed by atoms with van der Waals surface area (Å²) in [5.74, 6) is 1.12. The van der Waals surface area contributed by atoms with Crippen LogP contribution in [0.15, 0.2) is 10.5 Å².